The van der Waals surface area contributed by atoms with Gasteiger partial charge in [0.2, 0.25) is 0 Å². The third-order valence-corrected chi connectivity index (χ3v) is 6.43. The van der Waals surface area contributed by atoms with Crippen molar-refractivity contribution in [3.8, 4) is 0 Å². The summed E-state index contributed by atoms with van der Waals surface area (Å²) in [5.74, 6) is 0.840. The topological polar surface area (TPSA) is 34.0 Å². The minimum absolute atomic E-state index is 0.594. The summed E-state index contributed by atoms with van der Waals surface area (Å²) in [5, 5.41) is 1.47. The van der Waals surface area contributed by atoms with Gasteiger partial charge in [0.15, 0.2) is 0 Å². The lowest BCUT2D eigenvalue weighted by molar-refractivity contribution is 0.222. The molecule has 4 nitrogen and oxygen atoms in total. The molecule has 2 aromatic heterocycles. The highest BCUT2D eigenvalue weighted by Gasteiger charge is 2.40. The Labute approximate surface area is 154 Å². The fraction of sp³-hybridized carbons (Fsp3) is 0.455. The number of benzene rings is 1. The van der Waals surface area contributed by atoms with Gasteiger partial charge in [-0.2, -0.15) is 0 Å². The first-order valence-electron chi connectivity index (χ1n) is 9.73. The molecule has 5 rings (SSSR count). The average molecular weight is 346 g/mol. The van der Waals surface area contributed by atoms with Crippen molar-refractivity contribution >= 4 is 10.9 Å². The molecule has 0 aliphatic carbocycles. The van der Waals surface area contributed by atoms with E-state index < -0.39 is 0 Å². The molecule has 4 heteroatoms. The van der Waals surface area contributed by atoms with E-state index in [0.717, 1.165) is 18.8 Å². The second-order valence-corrected chi connectivity index (χ2v) is 8.04. The highest BCUT2D eigenvalue weighted by molar-refractivity contribution is 5.87. The van der Waals surface area contributed by atoms with Gasteiger partial charge in [-0.05, 0) is 63.4 Å². The maximum atomic E-state index is 4.36. The second kappa shape index (κ2) is 5.92. The van der Waals surface area contributed by atoms with Crippen LogP contribution in [0.4, 0.5) is 0 Å². The van der Waals surface area contributed by atoms with E-state index >= 15 is 0 Å². The maximum absolute atomic E-state index is 4.36. The minimum atomic E-state index is 0.594. The summed E-state index contributed by atoms with van der Waals surface area (Å²) in [6, 6.07) is 8.27. The van der Waals surface area contributed by atoms with Gasteiger partial charge >= 0.3 is 0 Å². The number of rotatable bonds is 3. The predicted octanol–water partition coefficient (Wildman–Crippen LogP) is 3.98. The normalized spacial score (nSPS) is 22.1. The van der Waals surface area contributed by atoms with E-state index in [1.807, 2.05) is 19.3 Å². The molecule has 0 saturated carbocycles. The van der Waals surface area contributed by atoms with Gasteiger partial charge in [-0.25, -0.2) is 9.97 Å². The van der Waals surface area contributed by atoms with Gasteiger partial charge in [0.25, 0.3) is 0 Å². The van der Waals surface area contributed by atoms with Crippen LogP contribution in [0.1, 0.15) is 47.1 Å². The van der Waals surface area contributed by atoms with Crippen LogP contribution in [-0.2, 0) is 19.4 Å². The zero-order chi connectivity index (χ0) is 17.8. The van der Waals surface area contributed by atoms with Gasteiger partial charge in [0.1, 0.15) is 5.82 Å². The van der Waals surface area contributed by atoms with Crippen LogP contribution in [0.3, 0.4) is 0 Å². The van der Waals surface area contributed by atoms with E-state index in [0.29, 0.717) is 12.1 Å². The molecule has 1 saturated heterocycles. The molecule has 0 unspecified atom stereocenters. The number of likely N-dealkylation sites (N-methyl/N-ethyl adjacent to an activating group) is 1. The van der Waals surface area contributed by atoms with E-state index in [-0.39, 0.29) is 0 Å². The zero-order valence-corrected chi connectivity index (χ0v) is 15.9. The molecule has 3 aromatic rings. The van der Waals surface area contributed by atoms with Gasteiger partial charge in [-0.1, -0.05) is 11.6 Å². The summed E-state index contributed by atoms with van der Waals surface area (Å²) < 4.78 is 2.59. The standard InChI is InChI=1S/C22H26N4/c1-14-4-6-19-18(10-14)22-20-7-5-17(25(20)3)11-21(22)26(19)9-8-16-12-23-15(2)24-13-16/h4,6,10,12-13,17,20H,5,7-9,11H2,1-3H3/t17-,20+/m1/s1. The molecule has 0 amide bonds. The number of hydrogen-bond donors (Lipinski definition) is 0. The van der Waals surface area contributed by atoms with Crippen molar-refractivity contribution in [1.29, 1.82) is 0 Å². The highest BCUT2D eigenvalue weighted by atomic mass is 15.2. The second-order valence-electron chi connectivity index (χ2n) is 8.04. The quantitative estimate of drug-likeness (QED) is 0.719. The van der Waals surface area contributed by atoms with Crippen LogP contribution in [0.15, 0.2) is 30.6 Å². The number of fused-ring (bicyclic) bond motifs is 6. The van der Waals surface area contributed by atoms with E-state index in [2.05, 4.69) is 51.6 Å². The van der Waals surface area contributed by atoms with Gasteiger partial charge in [-0.3, -0.25) is 4.90 Å². The Hall–Kier alpha value is -2.20. The lowest BCUT2D eigenvalue weighted by Crippen LogP contribution is -2.34. The Morgan fingerprint density at radius 1 is 1.12 bits per heavy atom. The fourth-order valence-electron chi connectivity index (χ4n) is 5.01. The Bertz CT molecular complexity index is 970. The molecule has 0 spiro atoms. The lowest BCUT2D eigenvalue weighted by atomic mass is 9.97. The molecule has 2 aliphatic rings. The first-order chi connectivity index (χ1) is 12.6. The monoisotopic (exact) mass is 346 g/mol. The fourth-order valence-corrected chi connectivity index (χ4v) is 5.01. The van der Waals surface area contributed by atoms with Gasteiger partial charge in [0.05, 0.1) is 0 Å². The summed E-state index contributed by atoms with van der Waals surface area (Å²) in [6.45, 7) is 5.15. The SMILES string of the molecule is Cc1ccc2c(c1)c1c(n2CCc2cnc(C)nc2)C[C@H]2CC[C@@H]1N2C. The number of nitrogens with zero attached hydrogens (tertiary/aromatic N) is 4. The van der Waals surface area contributed by atoms with Crippen LogP contribution in [0.2, 0.25) is 0 Å². The van der Waals surface area contributed by atoms with Crippen molar-refractivity contribution in [3.63, 3.8) is 0 Å². The van der Waals surface area contributed by atoms with Gasteiger partial charge in [0, 0.05) is 54.0 Å². The molecule has 26 heavy (non-hydrogen) atoms. The maximum Gasteiger partial charge on any atom is 0.125 e. The zero-order valence-electron chi connectivity index (χ0n) is 15.9. The predicted molar refractivity (Wildman–Crippen MR) is 104 cm³/mol. The first-order valence-corrected chi connectivity index (χ1v) is 9.73. The smallest absolute Gasteiger partial charge is 0.125 e. The molecule has 0 radical (unpaired) electrons. The van der Waals surface area contributed by atoms with Crippen molar-refractivity contribution in [2.75, 3.05) is 7.05 Å². The Morgan fingerprint density at radius 2 is 1.92 bits per heavy atom. The molecule has 2 atom stereocenters. The van der Waals surface area contributed by atoms with Crippen LogP contribution in [-0.4, -0.2) is 32.5 Å². The molecular formula is C22H26N4. The van der Waals surface area contributed by atoms with E-state index in [9.17, 15) is 0 Å². The summed E-state index contributed by atoms with van der Waals surface area (Å²) in [4.78, 5) is 11.3. The van der Waals surface area contributed by atoms with Crippen LogP contribution in [0, 0.1) is 13.8 Å². The molecule has 0 N–H and O–H groups in total. The van der Waals surface area contributed by atoms with Gasteiger partial charge in [-0.15, -0.1) is 0 Å². The molecule has 1 aromatic carbocycles. The van der Waals surface area contributed by atoms with Crippen LogP contribution in [0.25, 0.3) is 10.9 Å². The van der Waals surface area contributed by atoms with Crippen molar-refractivity contribution < 1.29 is 0 Å². The van der Waals surface area contributed by atoms with E-state index in [1.54, 1.807) is 11.3 Å². The lowest BCUT2D eigenvalue weighted by Gasteiger charge is -2.32. The number of aryl methyl sites for hydroxylation is 4. The third-order valence-electron chi connectivity index (χ3n) is 6.43. The van der Waals surface area contributed by atoms with Crippen molar-refractivity contribution in [2.24, 2.45) is 0 Å². The van der Waals surface area contributed by atoms with E-state index in [4.69, 9.17) is 0 Å². The van der Waals surface area contributed by atoms with Crippen LogP contribution in [0.5, 0.6) is 0 Å². The third kappa shape index (κ3) is 2.39. The average Bonchev–Trinajstić information content (AvgIpc) is 3.04. The number of aromatic nitrogens is 3. The van der Waals surface area contributed by atoms with Crippen molar-refractivity contribution in [1.82, 2.24) is 19.4 Å². The van der Waals surface area contributed by atoms with Gasteiger partial charge < -0.3 is 4.57 Å². The van der Waals surface area contributed by atoms with Crippen molar-refractivity contribution in [3.05, 3.63) is 58.8 Å². The summed E-state index contributed by atoms with van der Waals surface area (Å²) in [5.41, 5.74) is 7.14. The highest BCUT2D eigenvalue weighted by Crippen LogP contribution is 2.46. The molecule has 2 bridgehead atoms. The molecular weight excluding hydrogens is 320 g/mol. The first kappa shape index (κ1) is 16.0. The Balaban J connectivity index is 1.59. The summed E-state index contributed by atoms with van der Waals surface area (Å²) in [6.07, 6.45) is 8.74. The Kier molecular flexibility index (Phi) is 3.64. The van der Waals surface area contributed by atoms with Crippen molar-refractivity contribution in [2.45, 2.75) is 58.2 Å². The summed E-state index contributed by atoms with van der Waals surface area (Å²) >= 11 is 0. The van der Waals surface area contributed by atoms with Crippen LogP contribution < -0.4 is 0 Å². The molecule has 4 heterocycles. The van der Waals surface area contributed by atoms with E-state index in [1.165, 1.54) is 41.3 Å². The largest absolute Gasteiger partial charge is 0.344 e. The molecule has 1 fully saturated rings. The number of hydrogen-bond acceptors (Lipinski definition) is 3. The Morgan fingerprint density at radius 3 is 2.73 bits per heavy atom. The minimum Gasteiger partial charge on any atom is -0.344 e. The summed E-state index contributed by atoms with van der Waals surface area (Å²) in [7, 11) is 2.31. The van der Waals surface area contributed by atoms with Crippen LogP contribution >= 0.6 is 0 Å². The molecule has 134 valence electrons. The molecule has 2 aliphatic heterocycles.